The molecular weight excluding hydrogens is 524 g/mol. The fourth-order valence-corrected chi connectivity index (χ4v) is 6.27. The van der Waals surface area contributed by atoms with Crippen LogP contribution in [0.15, 0.2) is 65.8 Å². The molecule has 0 bridgehead atoms. The highest BCUT2D eigenvalue weighted by molar-refractivity contribution is 7.89. The molecule has 3 aromatic rings. The number of nitrogens with zero attached hydrogens (tertiary/aromatic N) is 1. The molecule has 0 radical (unpaired) electrons. The Bertz CT molecular complexity index is 1300. The van der Waals surface area contributed by atoms with E-state index in [1.54, 1.807) is 18.2 Å². The van der Waals surface area contributed by atoms with E-state index < -0.39 is 15.8 Å². The number of aromatic nitrogens is 1. The first-order valence-electron chi connectivity index (χ1n) is 11.7. The molecule has 1 unspecified atom stereocenters. The van der Waals surface area contributed by atoms with Crippen LogP contribution < -0.4 is 14.8 Å². The number of benzene rings is 2. The highest BCUT2D eigenvalue weighted by Crippen LogP contribution is 2.54. The third-order valence-corrected chi connectivity index (χ3v) is 8.76. The van der Waals surface area contributed by atoms with Crippen LogP contribution in [0, 0.1) is 5.82 Å². The molecule has 6 nitrogen and oxygen atoms in total. The minimum Gasteiger partial charge on any atom is -0.489 e. The van der Waals surface area contributed by atoms with Crippen molar-refractivity contribution in [1.29, 1.82) is 0 Å². The molecule has 1 aliphatic carbocycles. The molecule has 2 heterocycles. The monoisotopic (exact) mass is 551 g/mol. The topological polar surface area (TPSA) is 80.3 Å². The molecule has 1 atom stereocenters. The lowest BCUT2D eigenvalue weighted by Crippen LogP contribution is -2.49. The fraction of sp³-hybridized carbons (Fsp3) is 0.346. The van der Waals surface area contributed by atoms with Crippen molar-refractivity contribution in [3.05, 3.63) is 88.5 Å². The predicted molar refractivity (Wildman–Crippen MR) is 140 cm³/mol. The summed E-state index contributed by atoms with van der Waals surface area (Å²) >= 11 is 6.13. The minimum absolute atomic E-state index is 0. The van der Waals surface area contributed by atoms with E-state index in [9.17, 15) is 12.8 Å². The van der Waals surface area contributed by atoms with Crippen LogP contribution >= 0.6 is 24.0 Å². The molecule has 1 aliphatic heterocycles. The van der Waals surface area contributed by atoms with Crippen LogP contribution in [0.3, 0.4) is 0 Å². The molecule has 192 valence electrons. The van der Waals surface area contributed by atoms with Gasteiger partial charge in [0.25, 0.3) is 0 Å². The number of fused-ring (bicyclic) bond motifs is 1. The molecule has 0 saturated heterocycles. The van der Waals surface area contributed by atoms with Gasteiger partial charge in [0.05, 0.1) is 0 Å². The van der Waals surface area contributed by atoms with Gasteiger partial charge in [0.15, 0.2) is 11.6 Å². The number of halogens is 3. The Morgan fingerprint density at radius 3 is 2.64 bits per heavy atom. The van der Waals surface area contributed by atoms with Gasteiger partial charge in [-0.15, -0.1) is 12.4 Å². The van der Waals surface area contributed by atoms with E-state index in [1.165, 1.54) is 24.0 Å². The standard InChI is InChI=1S/C26H27ClFN3O3S.ClH/c27-20-6-4-19(5-7-20)26(9-2-10-26)25-22-16-24(23(28)15-18(22)8-12-30-25)34-14-13-31-35(32,33)21-3-1-11-29-17-21;/h1,3-7,11,15-17,25,30-31H,2,8-10,12-14H2;1H. The second kappa shape index (κ2) is 11.0. The quantitative estimate of drug-likeness (QED) is 0.386. The molecule has 10 heteroatoms. The third-order valence-electron chi connectivity index (χ3n) is 7.06. The maximum atomic E-state index is 14.9. The van der Waals surface area contributed by atoms with Crippen LogP contribution in [0.25, 0.3) is 0 Å². The average Bonchev–Trinajstić information content (AvgIpc) is 2.83. The van der Waals surface area contributed by atoms with Gasteiger partial charge < -0.3 is 10.1 Å². The summed E-state index contributed by atoms with van der Waals surface area (Å²) in [5.41, 5.74) is 3.18. The molecule has 1 aromatic heterocycles. The summed E-state index contributed by atoms with van der Waals surface area (Å²) < 4.78 is 47.8. The SMILES string of the molecule is Cl.O=S(=O)(NCCOc1cc2c(cc1F)CCNC2C1(c2ccc(Cl)cc2)CCC1)c1cccnc1. The highest BCUT2D eigenvalue weighted by atomic mass is 35.5. The molecule has 0 spiro atoms. The van der Waals surface area contributed by atoms with Crippen LogP contribution in [-0.4, -0.2) is 33.1 Å². The Balaban J connectivity index is 0.00000304. The Kier molecular flexibility index (Phi) is 8.22. The lowest BCUT2D eigenvalue weighted by molar-refractivity contribution is 0.164. The minimum atomic E-state index is -3.70. The molecular formula is C26H28Cl2FN3O3S. The average molecular weight is 552 g/mol. The normalized spacial score (nSPS) is 18.4. The summed E-state index contributed by atoms with van der Waals surface area (Å²) in [7, 11) is -3.70. The van der Waals surface area contributed by atoms with E-state index >= 15 is 0 Å². The van der Waals surface area contributed by atoms with Crippen molar-refractivity contribution in [1.82, 2.24) is 15.0 Å². The number of hydrogen-bond acceptors (Lipinski definition) is 5. The summed E-state index contributed by atoms with van der Waals surface area (Å²) in [6.45, 7) is 0.780. The molecule has 1 saturated carbocycles. The van der Waals surface area contributed by atoms with Gasteiger partial charge in [-0.05, 0) is 78.9 Å². The van der Waals surface area contributed by atoms with Gasteiger partial charge in [0.2, 0.25) is 10.0 Å². The van der Waals surface area contributed by atoms with E-state index in [4.69, 9.17) is 16.3 Å². The van der Waals surface area contributed by atoms with Crippen molar-refractivity contribution >= 4 is 34.0 Å². The van der Waals surface area contributed by atoms with Crippen LogP contribution in [0.5, 0.6) is 5.75 Å². The maximum absolute atomic E-state index is 14.9. The fourth-order valence-electron chi connectivity index (χ4n) is 5.17. The zero-order valence-corrected chi connectivity index (χ0v) is 21.9. The van der Waals surface area contributed by atoms with Crippen molar-refractivity contribution in [2.24, 2.45) is 0 Å². The van der Waals surface area contributed by atoms with E-state index in [2.05, 4.69) is 27.2 Å². The summed E-state index contributed by atoms with van der Waals surface area (Å²) in [4.78, 5) is 3.90. The smallest absolute Gasteiger partial charge is 0.242 e. The lowest BCUT2D eigenvalue weighted by Gasteiger charge is -2.50. The van der Waals surface area contributed by atoms with Gasteiger partial charge in [-0.3, -0.25) is 4.98 Å². The molecule has 2 N–H and O–H groups in total. The summed E-state index contributed by atoms with van der Waals surface area (Å²) in [6, 6.07) is 14.4. The van der Waals surface area contributed by atoms with Crippen molar-refractivity contribution in [2.75, 3.05) is 19.7 Å². The van der Waals surface area contributed by atoms with Crippen LogP contribution in [-0.2, 0) is 21.9 Å². The largest absolute Gasteiger partial charge is 0.489 e. The number of pyridine rings is 1. The van der Waals surface area contributed by atoms with Gasteiger partial charge in [0, 0.05) is 35.4 Å². The summed E-state index contributed by atoms with van der Waals surface area (Å²) in [6.07, 6.45) is 6.73. The highest BCUT2D eigenvalue weighted by Gasteiger charge is 2.47. The second-order valence-corrected chi connectivity index (χ2v) is 11.3. The van der Waals surface area contributed by atoms with Crippen LogP contribution in [0.2, 0.25) is 5.02 Å². The first-order valence-corrected chi connectivity index (χ1v) is 13.6. The van der Waals surface area contributed by atoms with E-state index in [-0.39, 0.29) is 47.7 Å². The van der Waals surface area contributed by atoms with E-state index in [0.29, 0.717) is 5.02 Å². The molecule has 5 rings (SSSR count). The van der Waals surface area contributed by atoms with Crippen molar-refractivity contribution in [3.8, 4) is 5.75 Å². The zero-order chi connectivity index (χ0) is 24.5. The maximum Gasteiger partial charge on any atom is 0.242 e. The van der Waals surface area contributed by atoms with E-state index in [0.717, 1.165) is 43.4 Å². The Morgan fingerprint density at radius 1 is 1.19 bits per heavy atom. The van der Waals surface area contributed by atoms with E-state index in [1.807, 2.05) is 12.1 Å². The van der Waals surface area contributed by atoms with Crippen molar-refractivity contribution < 1.29 is 17.5 Å². The lowest BCUT2D eigenvalue weighted by atomic mass is 9.58. The first-order chi connectivity index (χ1) is 16.9. The Morgan fingerprint density at radius 2 is 1.97 bits per heavy atom. The number of sulfonamides is 1. The molecule has 1 fully saturated rings. The van der Waals surface area contributed by atoms with Crippen LogP contribution in [0.1, 0.15) is 42.0 Å². The van der Waals surface area contributed by atoms with Gasteiger partial charge in [-0.25, -0.2) is 17.5 Å². The summed E-state index contributed by atoms with van der Waals surface area (Å²) in [5, 5.41) is 4.38. The number of hydrogen-bond donors (Lipinski definition) is 2. The Labute approximate surface area is 222 Å². The van der Waals surface area contributed by atoms with Gasteiger partial charge in [0.1, 0.15) is 11.5 Å². The van der Waals surface area contributed by atoms with Gasteiger partial charge in [-0.2, -0.15) is 0 Å². The van der Waals surface area contributed by atoms with Crippen molar-refractivity contribution in [2.45, 2.75) is 42.0 Å². The van der Waals surface area contributed by atoms with Gasteiger partial charge >= 0.3 is 0 Å². The molecule has 2 aromatic carbocycles. The summed E-state index contributed by atoms with van der Waals surface area (Å²) in [5.74, 6) is -0.308. The zero-order valence-electron chi connectivity index (χ0n) is 19.5. The predicted octanol–water partition coefficient (Wildman–Crippen LogP) is 4.96. The second-order valence-electron chi connectivity index (χ2n) is 9.07. The third kappa shape index (κ3) is 5.24. The number of nitrogens with one attached hydrogen (secondary N) is 2. The molecule has 0 amide bonds. The Hall–Kier alpha value is -2.23. The number of rotatable bonds is 8. The van der Waals surface area contributed by atoms with Crippen LogP contribution in [0.4, 0.5) is 4.39 Å². The number of ether oxygens (including phenoxy) is 1. The van der Waals surface area contributed by atoms with Crippen molar-refractivity contribution in [3.63, 3.8) is 0 Å². The molecule has 36 heavy (non-hydrogen) atoms. The molecule has 2 aliphatic rings. The first kappa shape index (κ1) is 26.8. The van der Waals surface area contributed by atoms with Gasteiger partial charge in [-0.1, -0.05) is 30.2 Å².